The van der Waals surface area contributed by atoms with Crippen molar-refractivity contribution < 1.29 is 4.79 Å². The molecular weight excluding hydrogens is 412 g/mol. The minimum Gasteiger partial charge on any atom is -0.348 e. The van der Waals surface area contributed by atoms with E-state index < -0.39 is 0 Å². The summed E-state index contributed by atoms with van der Waals surface area (Å²) in [5, 5.41) is 15.0. The van der Waals surface area contributed by atoms with Crippen LogP contribution in [0, 0.1) is 5.92 Å². The van der Waals surface area contributed by atoms with Crippen LogP contribution in [-0.4, -0.2) is 26.1 Å². The van der Waals surface area contributed by atoms with E-state index in [1.165, 1.54) is 0 Å². The average molecular weight is 437 g/mol. The number of pyridine rings is 1. The number of benzene rings is 1. The molecule has 4 aromatic rings. The summed E-state index contributed by atoms with van der Waals surface area (Å²) in [4.78, 5) is 20.3. The molecule has 1 amide bonds. The van der Waals surface area contributed by atoms with E-state index in [2.05, 4.69) is 49.0 Å². The second-order valence-electron chi connectivity index (χ2n) is 8.64. The summed E-state index contributed by atoms with van der Waals surface area (Å²) in [6.45, 7) is 0. The van der Waals surface area contributed by atoms with Crippen molar-refractivity contribution in [3.63, 3.8) is 0 Å². The fourth-order valence-electron chi connectivity index (χ4n) is 4.69. The lowest BCUT2D eigenvalue weighted by atomic mass is 10.0. The summed E-state index contributed by atoms with van der Waals surface area (Å²) < 4.78 is 0. The highest BCUT2D eigenvalue weighted by molar-refractivity contribution is 5.97. The molecule has 0 bridgehead atoms. The van der Waals surface area contributed by atoms with Crippen LogP contribution in [0.5, 0.6) is 0 Å². The third-order valence-corrected chi connectivity index (χ3v) is 6.44. The van der Waals surface area contributed by atoms with Gasteiger partial charge in [0.25, 0.3) is 0 Å². The van der Waals surface area contributed by atoms with Crippen molar-refractivity contribution in [2.24, 2.45) is 5.92 Å². The summed E-state index contributed by atoms with van der Waals surface area (Å²) in [6.07, 6.45) is 15.7. The Morgan fingerprint density at radius 1 is 1.03 bits per heavy atom. The van der Waals surface area contributed by atoms with Crippen molar-refractivity contribution in [1.29, 1.82) is 0 Å². The van der Waals surface area contributed by atoms with Gasteiger partial charge in [-0.1, -0.05) is 31.1 Å². The number of fused-ring (bicyclic) bond motifs is 2. The molecule has 1 aromatic carbocycles. The number of allylic oxidation sites excluding steroid dienone is 2. The number of nitrogens with one attached hydrogen (secondary N) is 4. The Morgan fingerprint density at radius 3 is 2.85 bits per heavy atom. The molecule has 0 unspecified atom stereocenters. The van der Waals surface area contributed by atoms with Gasteiger partial charge in [0.1, 0.15) is 11.5 Å². The molecule has 1 saturated carbocycles. The fraction of sp³-hybridized carbons (Fsp3) is 0.192. The number of carbonyl (C=O) groups is 1. The zero-order valence-electron chi connectivity index (χ0n) is 18.1. The molecule has 6 rings (SSSR count). The monoisotopic (exact) mass is 436 g/mol. The first-order valence-electron chi connectivity index (χ1n) is 11.3. The van der Waals surface area contributed by atoms with Gasteiger partial charge in [0.15, 0.2) is 0 Å². The van der Waals surface area contributed by atoms with Crippen molar-refractivity contribution in [2.75, 3.05) is 10.6 Å². The van der Waals surface area contributed by atoms with Crippen molar-refractivity contribution in [2.45, 2.75) is 25.7 Å². The van der Waals surface area contributed by atoms with Gasteiger partial charge in [-0.3, -0.25) is 14.9 Å². The topological polar surface area (TPSA) is 98.5 Å². The maximum atomic E-state index is 12.5. The Labute approximate surface area is 191 Å². The van der Waals surface area contributed by atoms with E-state index in [9.17, 15) is 4.79 Å². The van der Waals surface area contributed by atoms with Crippen molar-refractivity contribution in [3.05, 3.63) is 66.6 Å². The van der Waals surface area contributed by atoms with E-state index in [-0.39, 0.29) is 11.8 Å². The molecule has 0 saturated heterocycles. The number of hydrogen-bond donors (Lipinski definition) is 4. The third kappa shape index (κ3) is 3.71. The predicted molar refractivity (Wildman–Crippen MR) is 131 cm³/mol. The molecule has 7 nitrogen and oxygen atoms in total. The summed E-state index contributed by atoms with van der Waals surface area (Å²) in [5.74, 6) is 1.16. The minimum absolute atomic E-state index is 0.100. The van der Waals surface area contributed by atoms with Gasteiger partial charge in [-0.05, 0) is 48.7 Å². The Bertz CT molecular complexity index is 1400. The smallest absolute Gasteiger partial charge is 0.227 e. The number of carbonyl (C=O) groups excluding carboxylic acids is 1. The van der Waals surface area contributed by atoms with Crippen LogP contribution in [0.15, 0.2) is 61.1 Å². The number of aromatic nitrogens is 4. The van der Waals surface area contributed by atoms with Crippen LogP contribution >= 0.6 is 0 Å². The van der Waals surface area contributed by atoms with Crippen LogP contribution in [0.1, 0.15) is 31.2 Å². The van der Waals surface area contributed by atoms with Crippen molar-refractivity contribution in [1.82, 2.24) is 20.2 Å². The number of nitrogens with zero attached hydrogens (tertiary/aromatic N) is 2. The van der Waals surface area contributed by atoms with Crippen LogP contribution < -0.4 is 10.6 Å². The molecule has 4 N–H and O–H groups in total. The average Bonchev–Trinajstić information content (AvgIpc) is 3.57. The maximum absolute atomic E-state index is 12.5. The summed E-state index contributed by atoms with van der Waals surface area (Å²) in [5.41, 5.74) is 6.53. The van der Waals surface area contributed by atoms with E-state index in [0.717, 1.165) is 76.2 Å². The molecular formula is C26H24N6O. The Hall–Kier alpha value is -4.13. The first-order chi connectivity index (χ1) is 16.2. The van der Waals surface area contributed by atoms with Crippen molar-refractivity contribution in [3.8, 4) is 22.5 Å². The van der Waals surface area contributed by atoms with Gasteiger partial charge < -0.3 is 15.6 Å². The van der Waals surface area contributed by atoms with E-state index >= 15 is 0 Å². The van der Waals surface area contributed by atoms with Crippen LogP contribution in [-0.2, 0) is 4.79 Å². The molecule has 1 aliphatic heterocycles. The minimum atomic E-state index is 0.100. The van der Waals surface area contributed by atoms with E-state index in [4.69, 9.17) is 0 Å². The number of anilines is 2. The maximum Gasteiger partial charge on any atom is 0.227 e. The van der Waals surface area contributed by atoms with Gasteiger partial charge in [0.05, 0.1) is 23.1 Å². The van der Waals surface area contributed by atoms with Crippen LogP contribution in [0.2, 0.25) is 0 Å². The molecule has 0 radical (unpaired) electrons. The quantitative estimate of drug-likeness (QED) is 0.330. The normalized spacial score (nSPS) is 15.4. The highest BCUT2D eigenvalue weighted by Crippen LogP contribution is 2.33. The van der Waals surface area contributed by atoms with Crippen LogP contribution in [0.3, 0.4) is 0 Å². The van der Waals surface area contributed by atoms with Crippen molar-refractivity contribution >= 4 is 34.4 Å². The molecule has 3 aromatic heterocycles. The molecule has 164 valence electrons. The number of rotatable bonds is 4. The number of amides is 1. The third-order valence-electron chi connectivity index (χ3n) is 6.44. The highest BCUT2D eigenvalue weighted by atomic mass is 16.1. The predicted octanol–water partition coefficient (Wildman–Crippen LogP) is 5.70. The molecule has 0 spiro atoms. The number of aromatic amines is 2. The molecule has 0 atom stereocenters. The second kappa shape index (κ2) is 8.09. The lowest BCUT2D eigenvalue weighted by Crippen LogP contribution is -2.20. The zero-order valence-corrected chi connectivity index (χ0v) is 18.1. The summed E-state index contributed by atoms with van der Waals surface area (Å²) in [6, 6.07) is 10.3. The molecule has 1 fully saturated rings. The van der Waals surface area contributed by atoms with Gasteiger partial charge in [-0.2, -0.15) is 5.10 Å². The molecule has 4 heterocycles. The van der Waals surface area contributed by atoms with Gasteiger partial charge in [0.2, 0.25) is 5.91 Å². The largest absolute Gasteiger partial charge is 0.348 e. The first kappa shape index (κ1) is 19.5. The molecule has 1 aliphatic carbocycles. The van der Waals surface area contributed by atoms with Gasteiger partial charge in [-0.15, -0.1) is 0 Å². The van der Waals surface area contributed by atoms with E-state index in [0.29, 0.717) is 0 Å². The Morgan fingerprint density at radius 2 is 1.94 bits per heavy atom. The second-order valence-corrected chi connectivity index (χ2v) is 8.64. The molecule has 2 aliphatic rings. The van der Waals surface area contributed by atoms with Gasteiger partial charge >= 0.3 is 0 Å². The molecule has 33 heavy (non-hydrogen) atoms. The SMILES string of the molecule is O=C(Nc1cncc(-c2ccc3[nH]nc(-c4cc5c([nH]4)NC=CC=C5)c3c2)c1)C1CCCC1. The van der Waals surface area contributed by atoms with E-state index in [1.54, 1.807) is 6.20 Å². The number of H-pyrrole nitrogens is 2. The van der Waals surface area contributed by atoms with Crippen LogP contribution in [0.4, 0.5) is 11.5 Å². The van der Waals surface area contributed by atoms with E-state index in [1.807, 2.05) is 42.7 Å². The summed E-state index contributed by atoms with van der Waals surface area (Å²) in [7, 11) is 0. The van der Waals surface area contributed by atoms with Gasteiger partial charge in [0, 0.05) is 34.8 Å². The molecule has 7 heteroatoms. The zero-order chi connectivity index (χ0) is 22.2. The fourth-order valence-corrected chi connectivity index (χ4v) is 4.69. The highest BCUT2D eigenvalue weighted by Gasteiger charge is 2.22. The lowest BCUT2D eigenvalue weighted by Gasteiger charge is -2.11. The Kier molecular flexibility index (Phi) is 4.79. The first-order valence-corrected chi connectivity index (χ1v) is 11.3. The van der Waals surface area contributed by atoms with Gasteiger partial charge in [-0.25, -0.2) is 0 Å². The number of hydrogen-bond acceptors (Lipinski definition) is 4. The Balaban J connectivity index is 1.32. The lowest BCUT2D eigenvalue weighted by molar-refractivity contribution is -0.119. The summed E-state index contributed by atoms with van der Waals surface area (Å²) >= 11 is 0. The van der Waals surface area contributed by atoms with Crippen LogP contribution in [0.25, 0.3) is 39.5 Å². The standard InChI is InChI=1S/C26H24N6O/c33-26(16-5-1-2-6-16)29-20-11-19(14-27-15-20)17-8-9-22-21(12-17)24(32-31-22)23-13-18-7-3-4-10-28-25(18)30-23/h3-4,7-16,28,30H,1-2,5-6H2,(H,29,33)(H,31,32).